The Balaban J connectivity index is 1.71. The number of benzene rings is 2. The van der Waals surface area contributed by atoms with Crippen molar-refractivity contribution in [3.63, 3.8) is 0 Å². The standard InChI is InChI=1S/C25H27Cl2N3O6/c1-15(2)36-25-19(24(33)28-13-17-7-8-18(26)12-20(17)27)14-30(29-25)9-10-35-23-16(11-22(31)32)5-4-6-21(23)34-3/h4-8,12,14-15H,9-11,13H2,1-3H3,(H,28,33)(H,31,32). The Labute approximate surface area is 218 Å². The van der Waals surface area contributed by atoms with Crippen LogP contribution in [0, 0.1) is 0 Å². The van der Waals surface area contributed by atoms with E-state index in [0.717, 1.165) is 5.56 Å². The van der Waals surface area contributed by atoms with E-state index in [-0.39, 0.29) is 49.6 Å². The number of para-hydroxylation sites is 1. The third-order valence-electron chi connectivity index (χ3n) is 4.96. The lowest BCUT2D eigenvalue weighted by Gasteiger charge is -2.14. The average molecular weight is 536 g/mol. The van der Waals surface area contributed by atoms with Crippen LogP contribution in [0.4, 0.5) is 0 Å². The maximum absolute atomic E-state index is 12.9. The van der Waals surface area contributed by atoms with Gasteiger partial charge >= 0.3 is 5.97 Å². The van der Waals surface area contributed by atoms with Crippen LogP contribution in [-0.4, -0.2) is 46.6 Å². The zero-order valence-corrected chi connectivity index (χ0v) is 21.6. The van der Waals surface area contributed by atoms with Gasteiger partial charge in [-0.3, -0.25) is 14.3 Å². The minimum Gasteiger partial charge on any atom is -0.493 e. The molecule has 192 valence electrons. The number of carboxylic acid groups (broad SMARTS) is 1. The molecule has 11 heteroatoms. The normalized spacial score (nSPS) is 10.8. The molecule has 0 atom stereocenters. The van der Waals surface area contributed by atoms with Crippen molar-refractivity contribution in [1.29, 1.82) is 0 Å². The number of carbonyl (C=O) groups excluding carboxylic acids is 1. The van der Waals surface area contributed by atoms with Crippen LogP contribution in [0.25, 0.3) is 0 Å². The van der Waals surface area contributed by atoms with E-state index in [4.69, 9.17) is 37.4 Å². The topological polar surface area (TPSA) is 112 Å². The quantitative estimate of drug-likeness (QED) is 0.347. The Morgan fingerprint density at radius 2 is 1.94 bits per heavy atom. The van der Waals surface area contributed by atoms with Crippen molar-refractivity contribution in [2.24, 2.45) is 0 Å². The van der Waals surface area contributed by atoms with E-state index < -0.39 is 5.97 Å². The molecular formula is C25H27Cl2N3O6. The number of carboxylic acids is 1. The third-order valence-corrected chi connectivity index (χ3v) is 5.55. The zero-order valence-electron chi connectivity index (χ0n) is 20.1. The summed E-state index contributed by atoms with van der Waals surface area (Å²) in [5.41, 5.74) is 1.47. The van der Waals surface area contributed by atoms with Crippen LogP contribution in [0.15, 0.2) is 42.6 Å². The summed E-state index contributed by atoms with van der Waals surface area (Å²) in [5.74, 6) is -0.387. The van der Waals surface area contributed by atoms with Crippen molar-refractivity contribution in [3.05, 3.63) is 69.3 Å². The number of ether oxygens (including phenoxy) is 3. The molecule has 0 aliphatic heterocycles. The number of rotatable bonds is 12. The van der Waals surface area contributed by atoms with Crippen LogP contribution in [0.5, 0.6) is 17.4 Å². The van der Waals surface area contributed by atoms with E-state index in [9.17, 15) is 14.7 Å². The summed E-state index contributed by atoms with van der Waals surface area (Å²) in [4.78, 5) is 24.1. The minimum absolute atomic E-state index is 0.150. The number of carbonyl (C=O) groups is 2. The molecule has 0 unspecified atom stereocenters. The molecule has 0 aliphatic carbocycles. The molecule has 36 heavy (non-hydrogen) atoms. The van der Waals surface area contributed by atoms with Gasteiger partial charge in [0, 0.05) is 28.4 Å². The molecule has 2 aromatic carbocycles. The molecule has 1 aromatic heterocycles. The van der Waals surface area contributed by atoms with Gasteiger partial charge in [-0.05, 0) is 37.6 Å². The average Bonchev–Trinajstić information content (AvgIpc) is 3.20. The molecule has 1 amide bonds. The van der Waals surface area contributed by atoms with Crippen LogP contribution in [0.1, 0.15) is 35.3 Å². The molecule has 3 aromatic rings. The van der Waals surface area contributed by atoms with E-state index in [1.807, 2.05) is 13.8 Å². The Morgan fingerprint density at radius 3 is 2.61 bits per heavy atom. The van der Waals surface area contributed by atoms with E-state index in [0.29, 0.717) is 27.1 Å². The molecule has 0 aliphatic rings. The van der Waals surface area contributed by atoms with Gasteiger partial charge in [0.1, 0.15) is 12.2 Å². The van der Waals surface area contributed by atoms with Gasteiger partial charge in [0.25, 0.3) is 5.91 Å². The first-order valence-corrected chi connectivity index (χ1v) is 11.9. The second kappa shape index (κ2) is 12.5. The highest BCUT2D eigenvalue weighted by atomic mass is 35.5. The lowest BCUT2D eigenvalue weighted by molar-refractivity contribution is -0.136. The van der Waals surface area contributed by atoms with Gasteiger partial charge in [0.15, 0.2) is 11.5 Å². The molecule has 1 heterocycles. The highest BCUT2D eigenvalue weighted by Crippen LogP contribution is 2.31. The molecule has 0 bridgehead atoms. The van der Waals surface area contributed by atoms with Crippen LogP contribution in [0.3, 0.4) is 0 Å². The Kier molecular flexibility index (Phi) is 9.44. The van der Waals surface area contributed by atoms with Crippen molar-refractivity contribution < 1.29 is 28.9 Å². The summed E-state index contributed by atoms with van der Waals surface area (Å²) in [6.45, 7) is 4.29. The van der Waals surface area contributed by atoms with E-state index in [1.165, 1.54) is 11.8 Å². The monoisotopic (exact) mass is 535 g/mol. The summed E-state index contributed by atoms with van der Waals surface area (Å²) in [7, 11) is 1.48. The van der Waals surface area contributed by atoms with Crippen molar-refractivity contribution in [2.45, 2.75) is 39.5 Å². The zero-order chi connectivity index (χ0) is 26.2. The number of halogens is 2. The number of nitrogens with one attached hydrogen (secondary N) is 1. The molecule has 3 rings (SSSR count). The predicted molar refractivity (Wildman–Crippen MR) is 135 cm³/mol. The van der Waals surface area contributed by atoms with Gasteiger partial charge in [-0.1, -0.05) is 41.4 Å². The van der Waals surface area contributed by atoms with Crippen molar-refractivity contribution in [2.75, 3.05) is 13.7 Å². The first kappa shape index (κ1) is 27.2. The fourth-order valence-electron chi connectivity index (χ4n) is 3.35. The Morgan fingerprint density at radius 1 is 1.17 bits per heavy atom. The largest absolute Gasteiger partial charge is 0.493 e. The number of nitrogens with zero attached hydrogens (tertiary/aromatic N) is 2. The van der Waals surface area contributed by atoms with E-state index in [1.54, 1.807) is 42.6 Å². The number of aliphatic carboxylic acids is 1. The number of amides is 1. The first-order valence-electron chi connectivity index (χ1n) is 11.1. The molecule has 0 saturated heterocycles. The van der Waals surface area contributed by atoms with Gasteiger partial charge in [0.2, 0.25) is 5.88 Å². The van der Waals surface area contributed by atoms with Crippen LogP contribution in [-0.2, 0) is 24.3 Å². The lowest BCUT2D eigenvalue weighted by Crippen LogP contribution is -2.23. The van der Waals surface area contributed by atoms with Crippen molar-refractivity contribution in [1.82, 2.24) is 15.1 Å². The number of hydrogen-bond acceptors (Lipinski definition) is 6. The predicted octanol–water partition coefficient (Wildman–Crippen LogP) is 4.62. The maximum atomic E-state index is 12.9. The van der Waals surface area contributed by atoms with E-state index >= 15 is 0 Å². The number of methoxy groups -OCH3 is 1. The third kappa shape index (κ3) is 7.29. The first-order chi connectivity index (χ1) is 17.2. The van der Waals surface area contributed by atoms with Gasteiger partial charge in [-0.25, -0.2) is 0 Å². The second-order valence-electron chi connectivity index (χ2n) is 8.06. The summed E-state index contributed by atoms with van der Waals surface area (Å²) >= 11 is 12.1. The van der Waals surface area contributed by atoms with Gasteiger partial charge < -0.3 is 24.6 Å². The fourth-order valence-corrected chi connectivity index (χ4v) is 3.82. The molecule has 0 spiro atoms. The molecule has 9 nitrogen and oxygen atoms in total. The SMILES string of the molecule is COc1cccc(CC(=O)O)c1OCCn1cc(C(=O)NCc2ccc(Cl)cc2Cl)c(OC(C)C)n1. The Bertz CT molecular complexity index is 1230. The molecule has 2 N–H and O–H groups in total. The summed E-state index contributed by atoms with van der Waals surface area (Å²) in [6.07, 6.45) is 1.16. The van der Waals surface area contributed by atoms with Crippen molar-refractivity contribution in [3.8, 4) is 17.4 Å². The second-order valence-corrected chi connectivity index (χ2v) is 8.91. The van der Waals surface area contributed by atoms with Gasteiger partial charge in [0.05, 0.1) is 26.2 Å². The van der Waals surface area contributed by atoms with Crippen molar-refractivity contribution >= 4 is 35.1 Å². The van der Waals surface area contributed by atoms with Crippen LogP contribution in [0.2, 0.25) is 10.0 Å². The minimum atomic E-state index is -0.980. The van der Waals surface area contributed by atoms with E-state index in [2.05, 4.69) is 10.4 Å². The summed E-state index contributed by atoms with van der Waals surface area (Å²) in [6, 6.07) is 10.1. The Hall–Kier alpha value is -3.43. The smallest absolute Gasteiger partial charge is 0.307 e. The van der Waals surface area contributed by atoms with Gasteiger partial charge in [-0.2, -0.15) is 0 Å². The number of hydrogen-bond donors (Lipinski definition) is 2. The highest BCUT2D eigenvalue weighted by molar-refractivity contribution is 6.35. The molecular weight excluding hydrogens is 509 g/mol. The fraction of sp³-hybridized carbons (Fsp3) is 0.320. The summed E-state index contributed by atoms with van der Waals surface area (Å²) < 4.78 is 18.5. The van der Waals surface area contributed by atoms with Crippen LogP contribution < -0.4 is 19.5 Å². The lowest BCUT2D eigenvalue weighted by atomic mass is 10.1. The molecule has 0 radical (unpaired) electrons. The molecule has 0 fully saturated rings. The maximum Gasteiger partial charge on any atom is 0.307 e. The number of aromatic nitrogens is 2. The highest BCUT2D eigenvalue weighted by Gasteiger charge is 2.20. The summed E-state index contributed by atoms with van der Waals surface area (Å²) in [5, 5.41) is 17.4. The molecule has 0 saturated carbocycles. The van der Waals surface area contributed by atoms with Crippen LogP contribution >= 0.6 is 23.2 Å². The van der Waals surface area contributed by atoms with Gasteiger partial charge in [-0.15, -0.1) is 5.10 Å².